The first-order valence-electron chi connectivity index (χ1n) is 11.6. The van der Waals surface area contributed by atoms with Gasteiger partial charge in [0.05, 0.1) is 12.8 Å². The number of fused-ring (bicyclic) bond motifs is 3. The van der Waals surface area contributed by atoms with Crippen LogP contribution in [0.3, 0.4) is 0 Å². The maximum atomic E-state index is 9.90. The van der Waals surface area contributed by atoms with E-state index in [0.29, 0.717) is 13.0 Å². The van der Waals surface area contributed by atoms with Crippen LogP contribution in [-0.2, 0) is 13.0 Å². The Morgan fingerprint density at radius 2 is 1.91 bits per heavy atom. The summed E-state index contributed by atoms with van der Waals surface area (Å²) in [6.07, 6.45) is 1.60. The molecule has 2 aliphatic heterocycles. The Kier molecular flexibility index (Phi) is 6.05. The molecule has 170 valence electrons. The molecule has 3 aromatic rings. The van der Waals surface area contributed by atoms with E-state index in [1.807, 2.05) is 24.3 Å². The third kappa shape index (κ3) is 4.21. The van der Waals surface area contributed by atoms with Gasteiger partial charge in [-0.15, -0.1) is 0 Å². The van der Waals surface area contributed by atoms with Crippen LogP contribution < -0.4 is 9.47 Å². The Bertz CT molecular complexity index is 1160. The zero-order valence-corrected chi connectivity index (χ0v) is 19.2. The SMILES string of the molecule is COc1ccc2c(c1OCc1ccccc1)CCN1C[C@H](c3cccc(C)c3)/C(=N\O)C[C@@H]21. The highest BCUT2D eigenvalue weighted by atomic mass is 16.5. The molecule has 2 aliphatic rings. The van der Waals surface area contributed by atoms with Crippen LogP contribution in [0.2, 0.25) is 0 Å². The summed E-state index contributed by atoms with van der Waals surface area (Å²) >= 11 is 0. The van der Waals surface area contributed by atoms with Crippen LogP contribution in [0.5, 0.6) is 11.5 Å². The van der Waals surface area contributed by atoms with Crippen LogP contribution in [0, 0.1) is 6.92 Å². The third-order valence-electron chi connectivity index (χ3n) is 6.95. The molecule has 0 radical (unpaired) electrons. The summed E-state index contributed by atoms with van der Waals surface area (Å²) in [6, 6.07) is 23.1. The summed E-state index contributed by atoms with van der Waals surface area (Å²) in [5, 5.41) is 13.7. The normalized spacial score (nSPS) is 21.3. The highest BCUT2D eigenvalue weighted by Crippen LogP contribution is 2.45. The first kappa shape index (κ1) is 21.5. The van der Waals surface area contributed by atoms with Crippen LogP contribution in [-0.4, -0.2) is 36.0 Å². The quantitative estimate of drug-likeness (QED) is 0.419. The van der Waals surface area contributed by atoms with Gasteiger partial charge in [0.25, 0.3) is 0 Å². The number of oxime groups is 1. The van der Waals surface area contributed by atoms with E-state index in [1.165, 1.54) is 22.3 Å². The molecule has 3 aromatic carbocycles. The fourth-order valence-electron chi connectivity index (χ4n) is 5.28. The van der Waals surface area contributed by atoms with Gasteiger partial charge in [-0.05, 0) is 36.1 Å². The Labute approximate surface area is 195 Å². The maximum Gasteiger partial charge on any atom is 0.165 e. The van der Waals surface area contributed by atoms with Crippen molar-refractivity contribution in [1.82, 2.24) is 4.90 Å². The minimum Gasteiger partial charge on any atom is -0.493 e. The van der Waals surface area contributed by atoms with Gasteiger partial charge in [-0.1, -0.05) is 71.4 Å². The van der Waals surface area contributed by atoms with Crippen LogP contribution in [0.15, 0.2) is 71.9 Å². The van der Waals surface area contributed by atoms with Crippen molar-refractivity contribution < 1.29 is 14.7 Å². The first-order chi connectivity index (χ1) is 16.2. The van der Waals surface area contributed by atoms with Crippen molar-refractivity contribution in [3.8, 4) is 11.5 Å². The molecular formula is C28H30N2O3. The van der Waals surface area contributed by atoms with Gasteiger partial charge in [-0.2, -0.15) is 0 Å². The Morgan fingerprint density at radius 3 is 2.67 bits per heavy atom. The number of rotatable bonds is 5. The molecule has 5 nitrogen and oxygen atoms in total. The summed E-state index contributed by atoms with van der Waals surface area (Å²) in [6.45, 7) is 4.39. The predicted molar refractivity (Wildman–Crippen MR) is 130 cm³/mol. The molecule has 1 saturated heterocycles. The van der Waals surface area contributed by atoms with E-state index in [4.69, 9.17) is 9.47 Å². The molecule has 33 heavy (non-hydrogen) atoms. The molecule has 1 fully saturated rings. The Balaban J connectivity index is 1.45. The summed E-state index contributed by atoms with van der Waals surface area (Å²) < 4.78 is 12.0. The molecule has 1 N–H and O–H groups in total. The van der Waals surface area contributed by atoms with Gasteiger partial charge in [0.2, 0.25) is 0 Å². The molecule has 0 unspecified atom stereocenters. The van der Waals surface area contributed by atoms with E-state index < -0.39 is 0 Å². The Hall–Kier alpha value is -3.31. The predicted octanol–water partition coefficient (Wildman–Crippen LogP) is 5.50. The van der Waals surface area contributed by atoms with E-state index in [0.717, 1.165) is 42.3 Å². The van der Waals surface area contributed by atoms with Crippen LogP contribution >= 0.6 is 0 Å². The molecule has 0 spiro atoms. The van der Waals surface area contributed by atoms with Gasteiger partial charge in [0.1, 0.15) is 6.61 Å². The number of benzene rings is 3. The van der Waals surface area contributed by atoms with Crippen molar-refractivity contribution in [2.45, 2.75) is 38.3 Å². The van der Waals surface area contributed by atoms with Gasteiger partial charge in [0, 0.05) is 37.0 Å². The second-order valence-electron chi connectivity index (χ2n) is 8.96. The van der Waals surface area contributed by atoms with E-state index >= 15 is 0 Å². The lowest BCUT2D eigenvalue weighted by molar-refractivity contribution is 0.163. The molecule has 0 saturated carbocycles. The average Bonchev–Trinajstić information content (AvgIpc) is 2.86. The molecule has 0 aromatic heterocycles. The molecule has 0 aliphatic carbocycles. The minimum absolute atomic E-state index is 0.111. The van der Waals surface area contributed by atoms with E-state index in [-0.39, 0.29) is 12.0 Å². The van der Waals surface area contributed by atoms with Gasteiger partial charge in [0.15, 0.2) is 11.5 Å². The van der Waals surface area contributed by atoms with Crippen LogP contribution in [0.25, 0.3) is 0 Å². The monoisotopic (exact) mass is 442 g/mol. The molecule has 2 heterocycles. The van der Waals surface area contributed by atoms with Crippen LogP contribution in [0.4, 0.5) is 0 Å². The number of nitrogens with zero attached hydrogens (tertiary/aromatic N) is 2. The van der Waals surface area contributed by atoms with Crippen molar-refractivity contribution in [2.24, 2.45) is 5.16 Å². The molecular weight excluding hydrogens is 412 g/mol. The molecule has 5 rings (SSSR count). The zero-order chi connectivity index (χ0) is 22.8. The molecule has 2 atom stereocenters. The molecule has 0 amide bonds. The van der Waals surface area contributed by atoms with Gasteiger partial charge >= 0.3 is 0 Å². The second kappa shape index (κ2) is 9.28. The molecule has 5 heteroatoms. The van der Waals surface area contributed by atoms with E-state index in [9.17, 15) is 5.21 Å². The van der Waals surface area contributed by atoms with Gasteiger partial charge < -0.3 is 14.7 Å². The van der Waals surface area contributed by atoms with E-state index in [2.05, 4.69) is 59.4 Å². The maximum absolute atomic E-state index is 9.90. The summed E-state index contributed by atoms with van der Waals surface area (Å²) in [4.78, 5) is 2.53. The summed E-state index contributed by atoms with van der Waals surface area (Å²) in [5.41, 5.74) is 6.86. The summed E-state index contributed by atoms with van der Waals surface area (Å²) in [5.74, 6) is 1.71. The standard InChI is InChI=1S/C28H30N2O3/c1-19-7-6-10-21(15-19)24-17-30-14-13-23-22(26(30)16-25(24)29-31)11-12-27(32-2)28(23)33-18-20-8-4-3-5-9-20/h3-12,15,24,26,31H,13-14,16-18H2,1-2H3/b29-25-/t24-,26+/m1/s1. The zero-order valence-electron chi connectivity index (χ0n) is 19.2. The van der Waals surface area contributed by atoms with Gasteiger partial charge in [-0.3, -0.25) is 4.90 Å². The number of aryl methyl sites for hydroxylation is 1. The molecule has 0 bridgehead atoms. The number of ether oxygens (including phenoxy) is 2. The van der Waals surface area contributed by atoms with Gasteiger partial charge in [-0.25, -0.2) is 0 Å². The Morgan fingerprint density at radius 1 is 1.06 bits per heavy atom. The summed E-state index contributed by atoms with van der Waals surface area (Å²) in [7, 11) is 1.69. The second-order valence-corrected chi connectivity index (χ2v) is 8.96. The number of methoxy groups -OCH3 is 1. The lowest BCUT2D eigenvalue weighted by atomic mass is 9.79. The fraction of sp³-hybridized carbons (Fsp3) is 0.321. The van der Waals surface area contributed by atoms with Crippen molar-refractivity contribution >= 4 is 5.71 Å². The topological polar surface area (TPSA) is 54.3 Å². The number of hydrogen-bond acceptors (Lipinski definition) is 5. The fourth-order valence-corrected chi connectivity index (χ4v) is 5.28. The lowest BCUT2D eigenvalue weighted by Crippen LogP contribution is -2.45. The largest absolute Gasteiger partial charge is 0.493 e. The number of piperidine rings is 1. The van der Waals surface area contributed by atoms with Crippen molar-refractivity contribution in [3.05, 3.63) is 94.5 Å². The highest BCUT2D eigenvalue weighted by Gasteiger charge is 2.39. The third-order valence-corrected chi connectivity index (χ3v) is 6.95. The van der Waals surface area contributed by atoms with E-state index in [1.54, 1.807) is 7.11 Å². The van der Waals surface area contributed by atoms with Crippen molar-refractivity contribution in [3.63, 3.8) is 0 Å². The van der Waals surface area contributed by atoms with Crippen molar-refractivity contribution in [1.29, 1.82) is 0 Å². The first-order valence-corrected chi connectivity index (χ1v) is 11.6. The van der Waals surface area contributed by atoms with Crippen LogP contribution in [0.1, 0.15) is 46.2 Å². The number of hydrogen-bond donors (Lipinski definition) is 1. The smallest absolute Gasteiger partial charge is 0.165 e. The lowest BCUT2D eigenvalue weighted by Gasteiger charge is -2.44. The average molecular weight is 443 g/mol. The minimum atomic E-state index is 0.111. The highest BCUT2D eigenvalue weighted by molar-refractivity contribution is 5.92. The van der Waals surface area contributed by atoms with Crippen molar-refractivity contribution in [2.75, 3.05) is 20.2 Å².